The van der Waals surface area contributed by atoms with Gasteiger partial charge in [0.1, 0.15) is 6.04 Å². The molecule has 1 aromatic rings. The molecular formula is C11H12N2O3. The third-order valence-corrected chi connectivity index (χ3v) is 2.52. The number of hydrazine groups is 1. The van der Waals surface area contributed by atoms with Crippen LogP contribution in [0.1, 0.15) is 12.5 Å². The fourth-order valence-electron chi connectivity index (χ4n) is 1.65. The Labute approximate surface area is 92.6 Å². The van der Waals surface area contributed by atoms with Crippen LogP contribution in [-0.2, 0) is 16.0 Å². The van der Waals surface area contributed by atoms with E-state index in [1.54, 1.807) is 6.07 Å². The average molecular weight is 220 g/mol. The van der Waals surface area contributed by atoms with E-state index in [1.807, 2.05) is 18.2 Å². The maximum atomic E-state index is 11.7. The summed E-state index contributed by atoms with van der Waals surface area (Å²) in [4.78, 5) is 22.4. The van der Waals surface area contributed by atoms with E-state index in [0.29, 0.717) is 6.42 Å². The number of carbonyl (C=O) groups excluding carboxylic acids is 1. The third kappa shape index (κ3) is 1.77. The van der Waals surface area contributed by atoms with E-state index in [-0.39, 0.29) is 5.91 Å². The minimum atomic E-state index is -0.989. The van der Waals surface area contributed by atoms with Gasteiger partial charge in [0.25, 0.3) is 0 Å². The Morgan fingerprint density at radius 2 is 2.19 bits per heavy atom. The molecule has 1 heterocycles. The first-order chi connectivity index (χ1) is 7.59. The lowest BCUT2D eigenvalue weighted by Crippen LogP contribution is -2.48. The summed E-state index contributed by atoms with van der Waals surface area (Å²) in [5.41, 5.74) is 4.32. The smallest absolute Gasteiger partial charge is 0.322 e. The van der Waals surface area contributed by atoms with Crippen molar-refractivity contribution in [3.63, 3.8) is 0 Å². The molecule has 0 bridgehead atoms. The molecule has 1 amide bonds. The van der Waals surface area contributed by atoms with E-state index in [0.717, 1.165) is 11.3 Å². The van der Waals surface area contributed by atoms with Crippen LogP contribution >= 0.6 is 0 Å². The standard InChI is InChI=1S/C11H12N2O3/c1-7(11(15)16)12-13-9-5-3-2-4-8(9)6-10(13)14/h2-5,7,12H,6H2,1H3,(H,15,16). The number of nitrogens with zero attached hydrogens (tertiary/aromatic N) is 1. The first-order valence-corrected chi connectivity index (χ1v) is 4.99. The number of carbonyl (C=O) groups is 2. The van der Waals surface area contributed by atoms with Crippen LogP contribution in [0.4, 0.5) is 5.69 Å². The predicted molar refractivity (Wildman–Crippen MR) is 57.9 cm³/mol. The predicted octanol–water partition coefficient (Wildman–Crippen LogP) is 0.553. The van der Waals surface area contributed by atoms with Gasteiger partial charge in [0, 0.05) is 0 Å². The zero-order valence-corrected chi connectivity index (χ0v) is 8.80. The van der Waals surface area contributed by atoms with Crippen LogP contribution in [-0.4, -0.2) is 23.0 Å². The summed E-state index contributed by atoms with van der Waals surface area (Å²) in [7, 11) is 0. The molecule has 0 spiro atoms. The van der Waals surface area contributed by atoms with Crippen LogP contribution in [0.15, 0.2) is 24.3 Å². The molecule has 0 aromatic heterocycles. The highest BCUT2D eigenvalue weighted by molar-refractivity contribution is 6.00. The summed E-state index contributed by atoms with van der Waals surface area (Å²) in [6.07, 6.45) is 0.315. The third-order valence-electron chi connectivity index (χ3n) is 2.52. The molecule has 0 aliphatic carbocycles. The molecule has 0 radical (unpaired) electrons. The van der Waals surface area contributed by atoms with Crippen LogP contribution in [0.25, 0.3) is 0 Å². The highest BCUT2D eigenvalue weighted by Crippen LogP contribution is 2.26. The number of anilines is 1. The number of hydrogen-bond acceptors (Lipinski definition) is 3. The topological polar surface area (TPSA) is 69.6 Å². The summed E-state index contributed by atoms with van der Waals surface area (Å²) < 4.78 is 0. The molecule has 5 nitrogen and oxygen atoms in total. The fourth-order valence-corrected chi connectivity index (χ4v) is 1.65. The van der Waals surface area contributed by atoms with Gasteiger partial charge in [-0.2, -0.15) is 0 Å². The number of carboxylic acids is 1. The van der Waals surface area contributed by atoms with E-state index in [4.69, 9.17) is 5.11 Å². The van der Waals surface area contributed by atoms with E-state index in [1.165, 1.54) is 11.9 Å². The Morgan fingerprint density at radius 1 is 1.50 bits per heavy atom. The van der Waals surface area contributed by atoms with E-state index >= 15 is 0 Å². The molecule has 0 saturated heterocycles. The van der Waals surface area contributed by atoms with Crippen molar-refractivity contribution in [3.8, 4) is 0 Å². The SMILES string of the molecule is CC(NN1C(=O)Cc2ccccc21)C(=O)O. The van der Waals surface area contributed by atoms with Gasteiger partial charge in [0.2, 0.25) is 5.91 Å². The second kappa shape index (κ2) is 3.94. The molecule has 0 saturated carbocycles. The van der Waals surface area contributed by atoms with Crippen molar-refractivity contribution in [1.29, 1.82) is 0 Å². The number of nitrogens with one attached hydrogen (secondary N) is 1. The second-order valence-electron chi connectivity index (χ2n) is 3.72. The first kappa shape index (κ1) is 10.6. The Balaban J connectivity index is 2.22. The summed E-state index contributed by atoms with van der Waals surface area (Å²) in [6.45, 7) is 1.50. The number of benzene rings is 1. The molecule has 1 aliphatic heterocycles. The molecule has 0 fully saturated rings. The van der Waals surface area contributed by atoms with Gasteiger partial charge in [-0.05, 0) is 18.6 Å². The number of para-hydroxylation sites is 1. The molecule has 1 aliphatic rings. The van der Waals surface area contributed by atoms with E-state index in [9.17, 15) is 9.59 Å². The van der Waals surface area contributed by atoms with Gasteiger partial charge in [-0.3, -0.25) is 9.59 Å². The number of aliphatic carboxylic acids is 1. The second-order valence-corrected chi connectivity index (χ2v) is 3.72. The van der Waals surface area contributed by atoms with Gasteiger partial charge in [-0.15, -0.1) is 0 Å². The van der Waals surface area contributed by atoms with Gasteiger partial charge in [0.15, 0.2) is 0 Å². The Bertz CT molecular complexity index is 445. The summed E-state index contributed by atoms with van der Waals surface area (Å²) in [5, 5.41) is 10.1. The maximum absolute atomic E-state index is 11.7. The van der Waals surface area contributed by atoms with Gasteiger partial charge < -0.3 is 5.11 Å². The van der Waals surface area contributed by atoms with Crippen molar-refractivity contribution in [2.24, 2.45) is 0 Å². The summed E-state index contributed by atoms with van der Waals surface area (Å²) in [5.74, 6) is -1.12. The first-order valence-electron chi connectivity index (χ1n) is 4.99. The Kier molecular flexibility index (Phi) is 2.62. The number of rotatable bonds is 3. The fraction of sp³-hybridized carbons (Fsp3) is 0.273. The molecule has 1 aromatic carbocycles. The molecule has 5 heteroatoms. The monoisotopic (exact) mass is 220 g/mol. The highest BCUT2D eigenvalue weighted by Gasteiger charge is 2.29. The van der Waals surface area contributed by atoms with Gasteiger partial charge >= 0.3 is 5.97 Å². The number of amides is 1. The zero-order valence-electron chi connectivity index (χ0n) is 8.80. The van der Waals surface area contributed by atoms with Crippen LogP contribution in [0.2, 0.25) is 0 Å². The van der Waals surface area contributed by atoms with Crippen molar-refractivity contribution in [2.45, 2.75) is 19.4 Å². The lowest BCUT2D eigenvalue weighted by Gasteiger charge is -2.21. The number of fused-ring (bicyclic) bond motifs is 1. The van der Waals surface area contributed by atoms with Crippen LogP contribution in [0.5, 0.6) is 0 Å². The molecule has 2 rings (SSSR count). The van der Waals surface area contributed by atoms with Crippen LogP contribution in [0, 0.1) is 0 Å². The Hall–Kier alpha value is -1.88. The lowest BCUT2D eigenvalue weighted by atomic mass is 10.2. The summed E-state index contributed by atoms with van der Waals surface area (Å²) >= 11 is 0. The van der Waals surface area contributed by atoms with Gasteiger partial charge in [-0.1, -0.05) is 18.2 Å². The van der Waals surface area contributed by atoms with Crippen molar-refractivity contribution >= 4 is 17.6 Å². The molecule has 1 unspecified atom stereocenters. The Morgan fingerprint density at radius 3 is 2.88 bits per heavy atom. The highest BCUT2D eigenvalue weighted by atomic mass is 16.4. The van der Waals surface area contributed by atoms with Crippen molar-refractivity contribution < 1.29 is 14.7 Å². The minimum absolute atomic E-state index is 0.130. The van der Waals surface area contributed by atoms with E-state index < -0.39 is 12.0 Å². The largest absolute Gasteiger partial charge is 0.480 e. The molecule has 1 atom stereocenters. The zero-order chi connectivity index (χ0) is 11.7. The molecular weight excluding hydrogens is 208 g/mol. The number of carboxylic acid groups (broad SMARTS) is 1. The lowest BCUT2D eigenvalue weighted by molar-refractivity contribution is -0.139. The van der Waals surface area contributed by atoms with E-state index in [2.05, 4.69) is 5.43 Å². The van der Waals surface area contributed by atoms with Gasteiger partial charge in [-0.25, -0.2) is 10.4 Å². The van der Waals surface area contributed by atoms with Crippen molar-refractivity contribution in [1.82, 2.24) is 5.43 Å². The van der Waals surface area contributed by atoms with Crippen molar-refractivity contribution in [3.05, 3.63) is 29.8 Å². The quantitative estimate of drug-likeness (QED) is 0.780. The maximum Gasteiger partial charge on any atom is 0.322 e. The summed E-state index contributed by atoms with van der Waals surface area (Å²) in [6, 6.07) is 6.53. The minimum Gasteiger partial charge on any atom is -0.480 e. The average Bonchev–Trinajstić information content (AvgIpc) is 2.55. The number of hydrogen-bond donors (Lipinski definition) is 2. The molecule has 84 valence electrons. The van der Waals surface area contributed by atoms with Crippen molar-refractivity contribution in [2.75, 3.05) is 5.01 Å². The molecule has 16 heavy (non-hydrogen) atoms. The molecule has 2 N–H and O–H groups in total. The normalized spacial score (nSPS) is 16.1. The van der Waals surface area contributed by atoms with Gasteiger partial charge in [0.05, 0.1) is 12.1 Å². The van der Waals surface area contributed by atoms with Crippen LogP contribution in [0.3, 0.4) is 0 Å². The van der Waals surface area contributed by atoms with Crippen LogP contribution < -0.4 is 10.4 Å².